The highest BCUT2D eigenvalue weighted by Crippen LogP contribution is 2.39. The second-order valence-electron chi connectivity index (χ2n) is 6.02. The van der Waals surface area contributed by atoms with Crippen LogP contribution in [0.25, 0.3) is 44.7 Å². The first-order chi connectivity index (χ1) is 12.8. The van der Waals surface area contributed by atoms with Gasteiger partial charge in [0.15, 0.2) is 5.82 Å². The highest BCUT2D eigenvalue weighted by atomic mass is 79.9. The molecule has 0 saturated heterocycles. The van der Waals surface area contributed by atoms with E-state index in [1.807, 2.05) is 66.7 Å². The topological polar surface area (TPSA) is 38.9 Å². The zero-order chi connectivity index (χ0) is 17.5. The number of furan rings is 1. The maximum Gasteiger partial charge on any atom is 0.231 e. The first kappa shape index (κ1) is 15.3. The molecule has 26 heavy (non-hydrogen) atoms. The van der Waals surface area contributed by atoms with Gasteiger partial charge in [-0.3, -0.25) is 0 Å². The summed E-state index contributed by atoms with van der Waals surface area (Å²) >= 11 is 3.65. The summed E-state index contributed by atoms with van der Waals surface area (Å²) in [6, 6.07) is 26.1. The molecule has 0 N–H and O–H groups in total. The number of halogens is 1. The first-order valence-corrected chi connectivity index (χ1v) is 9.10. The Balaban J connectivity index is 1.93. The lowest BCUT2D eigenvalue weighted by molar-refractivity contribution is 0.653. The molecule has 0 aliphatic carbocycles. The minimum Gasteiger partial charge on any atom is -0.438 e. The fourth-order valence-electron chi connectivity index (χ4n) is 3.20. The van der Waals surface area contributed by atoms with E-state index in [1.165, 1.54) is 0 Å². The Kier molecular flexibility index (Phi) is 3.57. The highest BCUT2D eigenvalue weighted by molar-refractivity contribution is 9.10. The van der Waals surface area contributed by atoms with Gasteiger partial charge in [0.2, 0.25) is 5.71 Å². The number of fused-ring (bicyclic) bond motifs is 3. The Morgan fingerprint density at radius 1 is 0.654 bits per heavy atom. The SMILES string of the molecule is Brc1cccc2oc3nc(-c4ccccc4)nc(-c4ccccc4)c3c12. The highest BCUT2D eigenvalue weighted by Gasteiger charge is 2.19. The fourth-order valence-corrected chi connectivity index (χ4v) is 3.74. The molecular formula is C22H13BrN2O. The summed E-state index contributed by atoms with van der Waals surface area (Å²) in [4.78, 5) is 9.62. The van der Waals surface area contributed by atoms with E-state index in [0.717, 1.165) is 37.6 Å². The van der Waals surface area contributed by atoms with E-state index in [2.05, 4.69) is 28.1 Å². The van der Waals surface area contributed by atoms with E-state index in [4.69, 9.17) is 14.4 Å². The van der Waals surface area contributed by atoms with Crippen molar-refractivity contribution in [3.8, 4) is 22.6 Å². The molecule has 0 aliphatic heterocycles. The van der Waals surface area contributed by atoms with Gasteiger partial charge in [0.1, 0.15) is 5.58 Å². The van der Waals surface area contributed by atoms with Gasteiger partial charge < -0.3 is 4.42 Å². The molecule has 0 amide bonds. The normalized spacial score (nSPS) is 11.3. The van der Waals surface area contributed by atoms with Gasteiger partial charge in [-0.2, -0.15) is 4.98 Å². The Labute approximate surface area is 158 Å². The Bertz CT molecular complexity index is 1230. The van der Waals surface area contributed by atoms with Crippen molar-refractivity contribution < 1.29 is 4.42 Å². The molecule has 0 aliphatic rings. The zero-order valence-corrected chi connectivity index (χ0v) is 15.3. The second kappa shape index (κ2) is 6.07. The summed E-state index contributed by atoms with van der Waals surface area (Å²) in [6.45, 7) is 0. The molecular weight excluding hydrogens is 388 g/mol. The summed E-state index contributed by atoms with van der Waals surface area (Å²) in [5.41, 5.74) is 4.27. The van der Waals surface area contributed by atoms with Gasteiger partial charge in [-0.15, -0.1) is 0 Å². The molecule has 4 heteroatoms. The predicted octanol–water partition coefficient (Wildman–Crippen LogP) is 6.47. The van der Waals surface area contributed by atoms with Crippen molar-refractivity contribution in [1.29, 1.82) is 0 Å². The van der Waals surface area contributed by atoms with E-state index in [0.29, 0.717) is 11.5 Å². The van der Waals surface area contributed by atoms with E-state index in [1.54, 1.807) is 0 Å². The average Bonchev–Trinajstić information content (AvgIpc) is 3.08. The smallest absolute Gasteiger partial charge is 0.231 e. The van der Waals surface area contributed by atoms with Crippen LogP contribution in [-0.4, -0.2) is 9.97 Å². The van der Waals surface area contributed by atoms with Crippen molar-refractivity contribution in [3.63, 3.8) is 0 Å². The summed E-state index contributed by atoms with van der Waals surface area (Å²) in [5, 5.41) is 1.93. The molecule has 0 fully saturated rings. The van der Waals surface area contributed by atoms with Crippen molar-refractivity contribution in [2.24, 2.45) is 0 Å². The molecule has 0 bridgehead atoms. The van der Waals surface area contributed by atoms with Gasteiger partial charge in [-0.1, -0.05) is 82.7 Å². The number of hydrogen-bond acceptors (Lipinski definition) is 3. The van der Waals surface area contributed by atoms with E-state index >= 15 is 0 Å². The van der Waals surface area contributed by atoms with Crippen LogP contribution >= 0.6 is 15.9 Å². The van der Waals surface area contributed by atoms with Gasteiger partial charge >= 0.3 is 0 Å². The summed E-state index contributed by atoms with van der Waals surface area (Å²) < 4.78 is 7.05. The molecule has 0 radical (unpaired) electrons. The first-order valence-electron chi connectivity index (χ1n) is 8.31. The molecule has 0 unspecified atom stereocenters. The van der Waals surface area contributed by atoms with Crippen LogP contribution in [0.2, 0.25) is 0 Å². The van der Waals surface area contributed by atoms with Gasteiger partial charge in [0.05, 0.1) is 11.1 Å². The Hall–Kier alpha value is -2.98. The number of hydrogen-bond donors (Lipinski definition) is 0. The molecule has 0 atom stereocenters. The molecule has 2 heterocycles. The summed E-state index contributed by atoms with van der Waals surface area (Å²) in [5.74, 6) is 0.659. The van der Waals surface area contributed by atoms with Crippen molar-refractivity contribution in [1.82, 2.24) is 9.97 Å². The van der Waals surface area contributed by atoms with Crippen molar-refractivity contribution in [2.75, 3.05) is 0 Å². The zero-order valence-electron chi connectivity index (χ0n) is 13.7. The minimum atomic E-state index is 0.597. The maximum absolute atomic E-state index is 6.08. The molecule has 0 saturated carbocycles. The molecule has 3 nitrogen and oxygen atoms in total. The van der Waals surface area contributed by atoms with Crippen LogP contribution in [0.3, 0.4) is 0 Å². The number of benzene rings is 3. The largest absolute Gasteiger partial charge is 0.438 e. The molecule has 2 aromatic heterocycles. The second-order valence-corrected chi connectivity index (χ2v) is 6.88. The minimum absolute atomic E-state index is 0.597. The van der Waals surface area contributed by atoms with E-state index in [-0.39, 0.29) is 0 Å². The van der Waals surface area contributed by atoms with Crippen molar-refractivity contribution in [3.05, 3.63) is 83.3 Å². The molecule has 124 valence electrons. The van der Waals surface area contributed by atoms with Crippen LogP contribution in [0.15, 0.2) is 87.8 Å². The standard InChI is InChI=1S/C22H13BrN2O/c23-16-12-7-13-17-18(16)19-20(14-8-3-1-4-9-14)24-21(25-22(19)26-17)15-10-5-2-6-11-15/h1-13H. The Morgan fingerprint density at radius 2 is 1.35 bits per heavy atom. The van der Waals surface area contributed by atoms with Crippen molar-refractivity contribution >= 4 is 38.0 Å². The number of rotatable bonds is 2. The van der Waals surface area contributed by atoms with Gasteiger partial charge in [0.25, 0.3) is 0 Å². The summed E-state index contributed by atoms with van der Waals surface area (Å²) in [6.07, 6.45) is 0. The molecule has 0 spiro atoms. The number of aromatic nitrogens is 2. The monoisotopic (exact) mass is 400 g/mol. The lowest BCUT2D eigenvalue weighted by Gasteiger charge is -2.06. The lowest BCUT2D eigenvalue weighted by atomic mass is 10.1. The summed E-state index contributed by atoms with van der Waals surface area (Å²) in [7, 11) is 0. The van der Waals surface area contributed by atoms with Crippen LogP contribution < -0.4 is 0 Å². The van der Waals surface area contributed by atoms with E-state index < -0.39 is 0 Å². The maximum atomic E-state index is 6.08. The molecule has 5 rings (SSSR count). The number of nitrogens with zero attached hydrogens (tertiary/aromatic N) is 2. The van der Waals surface area contributed by atoms with Crippen LogP contribution in [0.4, 0.5) is 0 Å². The molecule has 3 aromatic carbocycles. The van der Waals surface area contributed by atoms with Crippen LogP contribution in [0.1, 0.15) is 0 Å². The third kappa shape index (κ3) is 2.42. The Morgan fingerprint density at radius 3 is 2.08 bits per heavy atom. The van der Waals surface area contributed by atoms with Gasteiger partial charge in [-0.25, -0.2) is 4.98 Å². The van der Waals surface area contributed by atoms with Crippen LogP contribution in [0, 0.1) is 0 Å². The van der Waals surface area contributed by atoms with Gasteiger partial charge in [0, 0.05) is 21.0 Å². The third-order valence-corrected chi connectivity index (χ3v) is 5.05. The lowest BCUT2D eigenvalue weighted by Crippen LogP contribution is -1.93. The van der Waals surface area contributed by atoms with Gasteiger partial charge in [-0.05, 0) is 12.1 Å². The van der Waals surface area contributed by atoms with Crippen LogP contribution in [0.5, 0.6) is 0 Å². The van der Waals surface area contributed by atoms with E-state index in [9.17, 15) is 0 Å². The van der Waals surface area contributed by atoms with Crippen molar-refractivity contribution in [2.45, 2.75) is 0 Å². The molecule has 5 aromatic rings. The van der Waals surface area contributed by atoms with Crippen LogP contribution in [-0.2, 0) is 0 Å². The predicted molar refractivity (Wildman–Crippen MR) is 108 cm³/mol. The average molecular weight is 401 g/mol. The fraction of sp³-hybridized carbons (Fsp3) is 0. The third-order valence-electron chi connectivity index (χ3n) is 4.39. The quantitative estimate of drug-likeness (QED) is 0.340.